The van der Waals surface area contributed by atoms with Crippen molar-refractivity contribution in [2.75, 3.05) is 37.1 Å². The highest BCUT2D eigenvalue weighted by molar-refractivity contribution is 7.86. The maximum atomic E-state index is 13.0. The molecule has 14 nitrogen and oxygen atoms in total. The lowest BCUT2D eigenvalue weighted by Gasteiger charge is -2.21. The molecule has 0 amide bonds. The van der Waals surface area contributed by atoms with Gasteiger partial charge in [0.15, 0.2) is 0 Å². The molecule has 0 unspecified atom stereocenters. The van der Waals surface area contributed by atoms with Crippen LogP contribution in [-0.2, 0) is 29.8 Å². The predicted octanol–water partition coefficient (Wildman–Crippen LogP) is 1.50. The highest BCUT2D eigenvalue weighted by Gasteiger charge is 2.34. The summed E-state index contributed by atoms with van der Waals surface area (Å²) in [5.41, 5.74) is -1.32. The molecule has 0 radical (unpaired) electrons. The molecular formula is C22H20Cl2N2O12S2. The van der Waals surface area contributed by atoms with Crippen molar-refractivity contribution >= 4 is 66.4 Å². The summed E-state index contributed by atoms with van der Waals surface area (Å²) in [4.78, 5) is 24.6. The van der Waals surface area contributed by atoms with Crippen molar-refractivity contribution in [3.63, 3.8) is 0 Å². The van der Waals surface area contributed by atoms with Crippen LogP contribution in [0.2, 0.25) is 0 Å². The van der Waals surface area contributed by atoms with E-state index in [4.69, 9.17) is 42.9 Å². The van der Waals surface area contributed by atoms with Crippen molar-refractivity contribution in [3.8, 4) is 11.5 Å². The number of nitrogens with one attached hydrogen (secondary N) is 2. The fourth-order valence-corrected chi connectivity index (χ4v) is 5.05. The first kappa shape index (κ1) is 31.3. The number of anilines is 2. The van der Waals surface area contributed by atoms with Crippen LogP contribution >= 0.6 is 23.2 Å². The van der Waals surface area contributed by atoms with Crippen molar-refractivity contribution in [1.29, 1.82) is 0 Å². The molecule has 0 aromatic heterocycles. The smallest absolute Gasteiger partial charge is 0.298 e. The Bertz CT molecular complexity index is 1520. The van der Waals surface area contributed by atoms with Crippen LogP contribution in [0.1, 0.15) is 0 Å². The number of carbonyl (C=O) groups excluding carboxylic acids is 2. The summed E-state index contributed by atoms with van der Waals surface area (Å²) in [6.45, 7) is -1.44. The number of carbonyl (C=O) groups is 2. The van der Waals surface area contributed by atoms with Gasteiger partial charge in [0.25, 0.3) is 20.2 Å². The van der Waals surface area contributed by atoms with Gasteiger partial charge in [-0.3, -0.25) is 18.7 Å². The van der Waals surface area contributed by atoms with Gasteiger partial charge in [0.2, 0.25) is 11.6 Å². The summed E-state index contributed by atoms with van der Waals surface area (Å²) in [5, 5.41) is 21.4. The van der Waals surface area contributed by atoms with Gasteiger partial charge in [-0.15, -0.1) is 0 Å². The number of benzene rings is 2. The van der Waals surface area contributed by atoms with Crippen molar-refractivity contribution in [1.82, 2.24) is 0 Å². The maximum absolute atomic E-state index is 13.0. The molecule has 0 bridgehead atoms. The van der Waals surface area contributed by atoms with Crippen LogP contribution in [0.5, 0.6) is 11.5 Å². The Morgan fingerprint density at radius 1 is 0.675 bits per heavy atom. The number of aliphatic hydroxyl groups excluding tert-OH is 2. The number of Topliss-reactive ketones (excluding diaryl/α,β-unsaturated/α-hetero) is 2. The van der Waals surface area contributed by atoms with Gasteiger partial charge in [0.1, 0.15) is 56.0 Å². The van der Waals surface area contributed by atoms with Crippen molar-refractivity contribution < 1.29 is 55.2 Å². The first-order valence-corrected chi connectivity index (χ1v) is 14.5. The molecule has 2 aromatic carbocycles. The number of aliphatic hydroxyl groups is 2. The Kier molecular flexibility index (Phi) is 9.81. The number of ketones is 2. The van der Waals surface area contributed by atoms with E-state index in [0.29, 0.717) is 0 Å². The van der Waals surface area contributed by atoms with Crippen LogP contribution in [0.15, 0.2) is 67.6 Å². The first-order valence-electron chi connectivity index (χ1n) is 10.8. The third-order valence-electron chi connectivity index (χ3n) is 4.97. The summed E-state index contributed by atoms with van der Waals surface area (Å²) in [7, 11) is -9.63. The van der Waals surface area contributed by atoms with E-state index in [1.807, 2.05) is 0 Å². The SMILES string of the molecule is O=C1C(Cl)=C(Nc2ccc(OCCO)c(S(=O)(=O)O)c2)C(=O)C(Cl)=C1Nc1ccc(OCCO)c(S(=O)(=O)O)c1. The van der Waals surface area contributed by atoms with E-state index in [1.165, 1.54) is 12.1 Å². The Balaban J connectivity index is 1.94. The van der Waals surface area contributed by atoms with E-state index >= 15 is 0 Å². The molecule has 0 heterocycles. The van der Waals surface area contributed by atoms with Gasteiger partial charge in [-0.2, -0.15) is 16.8 Å². The largest absolute Gasteiger partial charge is 0.490 e. The monoisotopic (exact) mass is 638 g/mol. The van der Waals surface area contributed by atoms with Gasteiger partial charge in [-0.1, -0.05) is 23.2 Å². The minimum absolute atomic E-state index is 0.115. The summed E-state index contributed by atoms with van der Waals surface area (Å²) in [6, 6.07) is 6.49. The lowest BCUT2D eigenvalue weighted by Crippen LogP contribution is -2.27. The Morgan fingerprint density at radius 3 is 1.32 bits per heavy atom. The highest BCUT2D eigenvalue weighted by atomic mass is 35.5. The van der Waals surface area contributed by atoms with E-state index in [-0.39, 0.29) is 36.1 Å². The minimum atomic E-state index is -4.82. The standard InChI is InChI=1S/C22H20Cl2N2O12S2/c23-17-19(25-11-1-3-13(37-7-5-27)15(9-11)39(31,32)33)21(29)18(24)20(22(17)30)26-12-2-4-14(38-8-6-28)16(10-12)40(34,35)36/h1-4,9-10,25-28H,5-8H2,(H,31,32,33)(H,34,35,36). The van der Waals surface area contributed by atoms with Gasteiger partial charge in [-0.05, 0) is 36.4 Å². The number of ether oxygens (including phenoxy) is 2. The fraction of sp³-hybridized carbons (Fsp3) is 0.182. The third kappa shape index (κ3) is 7.10. The molecule has 0 saturated heterocycles. The van der Waals surface area contributed by atoms with Crippen LogP contribution in [0.3, 0.4) is 0 Å². The summed E-state index contributed by atoms with van der Waals surface area (Å²) >= 11 is 12.3. The van der Waals surface area contributed by atoms with E-state index in [0.717, 1.165) is 24.3 Å². The fourth-order valence-electron chi connectivity index (χ4n) is 3.28. The molecule has 0 atom stereocenters. The molecule has 2 aromatic rings. The zero-order valence-electron chi connectivity index (χ0n) is 19.9. The number of allylic oxidation sites excluding steroid dienone is 2. The molecule has 1 aliphatic carbocycles. The topological polar surface area (TPSA) is 226 Å². The van der Waals surface area contributed by atoms with Crippen molar-refractivity contribution in [2.24, 2.45) is 0 Å². The van der Waals surface area contributed by atoms with Crippen LogP contribution < -0.4 is 20.1 Å². The number of rotatable bonds is 12. The summed E-state index contributed by atoms with van der Waals surface area (Å²) < 4.78 is 76.3. The normalized spacial score (nSPS) is 14.4. The quantitative estimate of drug-likeness (QED) is 0.143. The zero-order chi connectivity index (χ0) is 29.8. The molecule has 0 fully saturated rings. The van der Waals surface area contributed by atoms with Gasteiger partial charge in [0.05, 0.1) is 13.2 Å². The molecule has 6 N–H and O–H groups in total. The average molecular weight is 639 g/mol. The molecule has 40 heavy (non-hydrogen) atoms. The van der Waals surface area contributed by atoms with Gasteiger partial charge in [0, 0.05) is 11.4 Å². The molecule has 1 aliphatic rings. The van der Waals surface area contributed by atoms with E-state index in [1.54, 1.807) is 0 Å². The second-order valence-electron chi connectivity index (χ2n) is 7.70. The Hall–Kier alpha value is -3.22. The van der Waals surface area contributed by atoms with Crippen molar-refractivity contribution in [3.05, 3.63) is 57.9 Å². The molecule has 216 valence electrons. The van der Waals surface area contributed by atoms with E-state index in [9.17, 15) is 35.5 Å². The predicted molar refractivity (Wildman–Crippen MR) is 141 cm³/mol. The maximum Gasteiger partial charge on any atom is 0.298 e. The molecule has 3 rings (SSSR count). The van der Waals surface area contributed by atoms with Gasteiger partial charge >= 0.3 is 0 Å². The molecule has 0 spiro atoms. The summed E-state index contributed by atoms with van der Waals surface area (Å²) in [5.74, 6) is -2.62. The molecule has 0 saturated carbocycles. The van der Waals surface area contributed by atoms with Gasteiger partial charge in [-0.25, -0.2) is 0 Å². The number of halogens is 2. The first-order chi connectivity index (χ1) is 18.7. The zero-order valence-corrected chi connectivity index (χ0v) is 23.1. The summed E-state index contributed by atoms with van der Waals surface area (Å²) in [6.07, 6.45) is 0. The van der Waals surface area contributed by atoms with Crippen LogP contribution in [0, 0.1) is 0 Å². The van der Waals surface area contributed by atoms with Crippen LogP contribution in [0.4, 0.5) is 11.4 Å². The Labute approximate surface area is 237 Å². The number of hydrogen-bond donors (Lipinski definition) is 6. The minimum Gasteiger partial charge on any atom is -0.490 e. The third-order valence-corrected chi connectivity index (χ3v) is 7.44. The lowest BCUT2D eigenvalue weighted by molar-refractivity contribution is -0.115. The highest BCUT2D eigenvalue weighted by Crippen LogP contribution is 2.34. The Morgan fingerprint density at radius 2 is 1.02 bits per heavy atom. The molecule has 18 heteroatoms. The van der Waals surface area contributed by atoms with E-state index in [2.05, 4.69) is 10.6 Å². The van der Waals surface area contributed by atoms with Crippen LogP contribution in [-0.4, -0.2) is 74.1 Å². The lowest BCUT2D eigenvalue weighted by atomic mass is 10.0. The van der Waals surface area contributed by atoms with Crippen molar-refractivity contribution in [2.45, 2.75) is 9.79 Å². The van der Waals surface area contributed by atoms with E-state index < -0.39 is 76.3 Å². The number of hydrogen-bond acceptors (Lipinski definition) is 12. The second-order valence-corrected chi connectivity index (χ2v) is 11.2. The molecule has 0 aliphatic heterocycles. The van der Waals surface area contributed by atoms with Gasteiger partial charge < -0.3 is 30.3 Å². The molecular weight excluding hydrogens is 619 g/mol. The van der Waals surface area contributed by atoms with Crippen LogP contribution in [0.25, 0.3) is 0 Å². The average Bonchev–Trinajstić information content (AvgIpc) is 2.89. The second kappa shape index (κ2) is 12.5.